The largest absolute Gasteiger partial charge is 0.497 e. The third-order valence-electron chi connectivity index (χ3n) is 2.22. The highest BCUT2D eigenvalue weighted by atomic mass is 35.5. The minimum atomic E-state index is 0.0384. The van der Waals surface area contributed by atoms with Gasteiger partial charge in [0, 0.05) is 18.8 Å². The fraction of sp³-hybridized carbons (Fsp3) is 0.417. The van der Waals surface area contributed by atoms with Crippen LogP contribution in [0, 0.1) is 0 Å². The molecule has 88 valence electrons. The van der Waals surface area contributed by atoms with E-state index in [0.29, 0.717) is 18.8 Å². The van der Waals surface area contributed by atoms with Gasteiger partial charge in [-0.2, -0.15) is 0 Å². The molecule has 0 radical (unpaired) electrons. The van der Waals surface area contributed by atoms with Crippen molar-refractivity contribution in [2.75, 3.05) is 19.5 Å². The van der Waals surface area contributed by atoms with Crippen LogP contribution in [0.5, 0.6) is 5.75 Å². The first-order valence-corrected chi connectivity index (χ1v) is 5.75. The molecule has 4 heteroatoms. The number of ether oxygens (including phenoxy) is 1. The Morgan fingerprint density at radius 2 is 2.06 bits per heavy atom. The Kier molecular flexibility index (Phi) is 5.72. The lowest BCUT2D eigenvalue weighted by Crippen LogP contribution is -2.25. The Morgan fingerprint density at radius 3 is 2.62 bits per heavy atom. The predicted octanol–water partition coefficient (Wildman–Crippen LogP) is 1.98. The number of amides is 1. The third-order valence-corrected chi connectivity index (χ3v) is 2.41. The summed E-state index contributed by atoms with van der Waals surface area (Å²) in [4.78, 5) is 11.3. The number of carbonyl (C=O) groups excluding carboxylic acids is 1. The molecule has 1 N–H and O–H groups in total. The molecule has 0 aliphatic rings. The molecule has 0 saturated heterocycles. The summed E-state index contributed by atoms with van der Waals surface area (Å²) in [7, 11) is 1.63. The van der Waals surface area contributed by atoms with Gasteiger partial charge in [0.25, 0.3) is 0 Å². The maximum atomic E-state index is 11.3. The summed E-state index contributed by atoms with van der Waals surface area (Å²) in [6.07, 6.45) is 1.22. The fourth-order valence-corrected chi connectivity index (χ4v) is 1.42. The molecule has 0 heterocycles. The van der Waals surface area contributed by atoms with Crippen molar-refractivity contribution in [2.24, 2.45) is 0 Å². The van der Waals surface area contributed by atoms with E-state index in [1.165, 1.54) is 0 Å². The first kappa shape index (κ1) is 12.8. The normalized spacial score (nSPS) is 9.88. The van der Waals surface area contributed by atoms with Gasteiger partial charge >= 0.3 is 0 Å². The minimum Gasteiger partial charge on any atom is -0.497 e. The molecular formula is C12H16ClNO2. The molecule has 0 aliphatic carbocycles. The Bertz CT molecular complexity index is 324. The molecule has 0 aliphatic heterocycles. The van der Waals surface area contributed by atoms with E-state index in [1.807, 2.05) is 24.3 Å². The second-order valence-corrected chi connectivity index (χ2v) is 3.76. The highest BCUT2D eigenvalue weighted by Crippen LogP contribution is 2.12. The lowest BCUT2D eigenvalue weighted by molar-refractivity contribution is -0.120. The molecule has 0 aromatic heterocycles. The summed E-state index contributed by atoms with van der Waals surface area (Å²) in [6, 6.07) is 7.72. The summed E-state index contributed by atoms with van der Waals surface area (Å²) in [5.74, 6) is 1.32. The zero-order valence-corrected chi connectivity index (χ0v) is 10.1. The van der Waals surface area contributed by atoms with Gasteiger partial charge < -0.3 is 10.1 Å². The summed E-state index contributed by atoms with van der Waals surface area (Å²) in [5, 5.41) is 2.73. The minimum absolute atomic E-state index is 0.0384. The average Bonchev–Trinajstić information content (AvgIpc) is 2.34. The van der Waals surface area contributed by atoms with Gasteiger partial charge in [-0.15, -0.1) is 11.6 Å². The van der Waals surface area contributed by atoms with Gasteiger partial charge in [-0.25, -0.2) is 0 Å². The van der Waals surface area contributed by atoms with Crippen molar-refractivity contribution in [3.63, 3.8) is 0 Å². The number of halogens is 1. The molecule has 0 bridgehead atoms. The van der Waals surface area contributed by atoms with Gasteiger partial charge in [-0.3, -0.25) is 4.79 Å². The van der Waals surface area contributed by atoms with Crippen molar-refractivity contribution < 1.29 is 9.53 Å². The molecular weight excluding hydrogens is 226 g/mol. The van der Waals surface area contributed by atoms with Crippen LogP contribution in [0.25, 0.3) is 0 Å². The van der Waals surface area contributed by atoms with Gasteiger partial charge in [0.1, 0.15) is 5.75 Å². The van der Waals surface area contributed by atoms with E-state index in [4.69, 9.17) is 16.3 Å². The molecule has 1 amide bonds. The molecule has 1 aromatic rings. The number of rotatable bonds is 6. The van der Waals surface area contributed by atoms with E-state index >= 15 is 0 Å². The molecule has 0 spiro atoms. The first-order chi connectivity index (χ1) is 7.76. The third kappa shape index (κ3) is 4.53. The fourth-order valence-electron chi connectivity index (χ4n) is 1.33. The maximum absolute atomic E-state index is 11.3. The van der Waals surface area contributed by atoms with Crippen LogP contribution in [-0.2, 0) is 11.2 Å². The summed E-state index contributed by atoms with van der Waals surface area (Å²) < 4.78 is 5.05. The lowest BCUT2D eigenvalue weighted by atomic mass is 10.1. The average molecular weight is 242 g/mol. The Balaban J connectivity index is 2.33. The molecule has 1 aromatic carbocycles. The predicted molar refractivity (Wildman–Crippen MR) is 65.0 cm³/mol. The second-order valence-electron chi connectivity index (χ2n) is 3.39. The van der Waals surface area contributed by atoms with Crippen molar-refractivity contribution >= 4 is 17.5 Å². The van der Waals surface area contributed by atoms with Crippen LogP contribution < -0.4 is 10.1 Å². The van der Waals surface area contributed by atoms with Crippen molar-refractivity contribution in [3.05, 3.63) is 29.8 Å². The van der Waals surface area contributed by atoms with E-state index in [9.17, 15) is 4.79 Å². The van der Waals surface area contributed by atoms with Gasteiger partial charge in [0.15, 0.2) is 0 Å². The summed E-state index contributed by atoms with van der Waals surface area (Å²) >= 11 is 5.47. The van der Waals surface area contributed by atoms with Crippen LogP contribution in [0.3, 0.4) is 0 Å². The molecule has 3 nitrogen and oxygen atoms in total. The number of methoxy groups -OCH3 is 1. The topological polar surface area (TPSA) is 38.3 Å². The molecule has 16 heavy (non-hydrogen) atoms. The quantitative estimate of drug-likeness (QED) is 0.774. The van der Waals surface area contributed by atoms with Crippen molar-refractivity contribution in [1.29, 1.82) is 0 Å². The molecule has 0 saturated carbocycles. The van der Waals surface area contributed by atoms with Gasteiger partial charge in [0.2, 0.25) is 5.91 Å². The Hall–Kier alpha value is -1.22. The first-order valence-electron chi connectivity index (χ1n) is 5.22. The number of carbonyl (C=O) groups is 1. The van der Waals surface area contributed by atoms with Gasteiger partial charge in [0.05, 0.1) is 7.11 Å². The highest BCUT2D eigenvalue weighted by Gasteiger charge is 2.01. The van der Waals surface area contributed by atoms with Crippen LogP contribution in [0.1, 0.15) is 12.0 Å². The van der Waals surface area contributed by atoms with E-state index < -0.39 is 0 Å². The van der Waals surface area contributed by atoms with Crippen molar-refractivity contribution in [3.8, 4) is 5.75 Å². The maximum Gasteiger partial charge on any atom is 0.220 e. The second kappa shape index (κ2) is 7.12. The van der Waals surface area contributed by atoms with Crippen LogP contribution in [0.4, 0.5) is 0 Å². The molecule has 0 unspecified atom stereocenters. The van der Waals surface area contributed by atoms with Crippen molar-refractivity contribution in [2.45, 2.75) is 12.8 Å². The Morgan fingerprint density at radius 1 is 1.38 bits per heavy atom. The highest BCUT2D eigenvalue weighted by molar-refractivity contribution is 6.18. The van der Waals surface area contributed by atoms with E-state index in [2.05, 4.69) is 5.32 Å². The van der Waals surface area contributed by atoms with E-state index in [-0.39, 0.29) is 5.91 Å². The number of aryl methyl sites for hydroxylation is 1. The number of benzene rings is 1. The van der Waals surface area contributed by atoms with E-state index in [1.54, 1.807) is 7.11 Å². The molecule has 0 atom stereocenters. The summed E-state index contributed by atoms with van der Waals surface area (Å²) in [6.45, 7) is 0.531. The SMILES string of the molecule is COc1ccc(CCC(=O)NCCCl)cc1. The van der Waals surface area contributed by atoms with Crippen molar-refractivity contribution in [1.82, 2.24) is 5.32 Å². The van der Waals surface area contributed by atoms with Crippen LogP contribution in [0.15, 0.2) is 24.3 Å². The standard InChI is InChI=1S/C12H16ClNO2/c1-16-11-5-2-10(3-6-11)4-7-12(15)14-9-8-13/h2-3,5-6H,4,7-9H2,1H3,(H,14,15). The van der Waals surface area contributed by atoms with Crippen LogP contribution in [0.2, 0.25) is 0 Å². The number of alkyl halides is 1. The van der Waals surface area contributed by atoms with Gasteiger partial charge in [-0.1, -0.05) is 12.1 Å². The number of hydrogen-bond acceptors (Lipinski definition) is 2. The van der Waals surface area contributed by atoms with Crippen LogP contribution in [-0.4, -0.2) is 25.4 Å². The smallest absolute Gasteiger partial charge is 0.220 e. The van der Waals surface area contributed by atoms with Gasteiger partial charge in [-0.05, 0) is 24.1 Å². The Labute approximate surface area is 101 Å². The summed E-state index contributed by atoms with van der Waals surface area (Å²) in [5.41, 5.74) is 1.13. The van der Waals surface area contributed by atoms with E-state index in [0.717, 1.165) is 17.7 Å². The number of nitrogens with one attached hydrogen (secondary N) is 1. The number of hydrogen-bond donors (Lipinski definition) is 1. The monoisotopic (exact) mass is 241 g/mol. The molecule has 1 rings (SSSR count). The lowest BCUT2D eigenvalue weighted by Gasteiger charge is -2.04. The molecule has 0 fully saturated rings. The zero-order chi connectivity index (χ0) is 11.8. The zero-order valence-electron chi connectivity index (χ0n) is 9.33. The van der Waals surface area contributed by atoms with Crippen LogP contribution >= 0.6 is 11.6 Å².